The first-order valence-corrected chi connectivity index (χ1v) is 6.28. The monoisotopic (exact) mass is 304 g/mol. The van der Waals surface area contributed by atoms with E-state index in [-0.39, 0.29) is 21.8 Å². The predicted molar refractivity (Wildman–Crippen MR) is 71.1 cm³/mol. The van der Waals surface area contributed by atoms with E-state index in [1.54, 1.807) is 13.8 Å². The Hall–Kier alpha value is -1.56. The van der Waals surface area contributed by atoms with Crippen LogP contribution in [0.15, 0.2) is 16.9 Å². The number of alkyl halides is 3. The van der Waals surface area contributed by atoms with Gasteiger partial charge in [0.2, 0.25) is 0 Å². The average molecular weight is 305 g/mol. The predicted octanol–water partition coefficient (Wildman–Crippen LogP) is 3.73. The molecule has 0 spiro atoms. The minimum atomic E-state index is -4.50. The Kier molecular flexibility index (Phi) is 3.54. The second-order valence-electron chi connectivity index (χ2n) is 4.85. The third kappa shape index (κ3) is 2.40. The highest BCUT2D eigenvalue weighted by atomic mass is 35.5. The summed E-state index contributed by atoms with van der Waals surface area (Å²) < 4.78 is 39.7. The molecule has 0 atom stereocenters. The van der Waals surface area contributed by atoms with Gasteiger partial charge in [0.25, 0.3) is 0 Å². The Morgan fingerprint density at radius 3 is 2.40 bits per heavy atom. The van der Waals surface area contributed by atoms with E-state index >= 15 is 0 Å². The molecule has 0 saturated carbocycles. The van der Waals surface area contributed by atoms with Crippen molar-refractivity contribution in [3.8, 4) is 0 Å². The zero-order chi connectivity index (χ0) is 15.2. The maximum atomic E-state index is 12.9. The Morgan fingerprint density at radius 1 is 1.30 bits per heavy atom. The van der Waals surface area contributed by atoms with E-state index in [4.69, 9.17) is 11.6 Å². The molecule has 0 aliphatic carbocycles. The first-order chi connectivity index (χ1) is 9.12. The van der Waals surface area contributed by atoms with Gasteiger partial charge in [-0.25, -0.2) is 4.79 Å². The number of fused-ring (bicyclic) bond motifs is 1. The largest absolute Gasteiger partial charge is 0.416 e. The van der Waals surface area contributed by atoms with Crippen molar-refractivity contribution in [2.75, 3.05) is 0 Å². The molecular weight excluding hydrogens is 293 g/mol. The summed E-state index contributed by atoms with van der Waals surface area (Å²) in [5, 5.41) is 0.139. The first kappa shape index (κ1) is 14.8. The van der Waals surface area contributed by atoms with Gasteiger partial charge in [0.1, 0.15) is 0 Å². The van der Waals surface area contributed by atoms with Crippen molar-refractivity contribution in [1.82, 2.24) is 9.55 Å². The molecule has 0 radical (unpaired) electrons. The van der Waals surface area contributed by atoms with E-state index in [2.05, 4.69) is 4.98 Å². The molecule has 2 rings (SSSR count). The van der Waals surface area contributed by atoms with Crippen molar-refractivity contribution < 1.29 is 13.2 Å². The SMILES string of the molecule is CC(C)c1nc(=O)n(C)c2c(Cl)cc(C(F)(F)F)cc12. The normalized spacial score (nSPS) is 12.4. The molecule has 0 aliphatic heterocycles. The number of hydrogen-bond acceptors (Lipinski definition) is 2. The van der Waals surface area contributed by atoms with E-state index in [0.717, 1.165) is 16.7 Å². The van der Waals surface area contributed by atoms with Crippen molar-refractivity contribution in [1.29, 1.82) is 0 Å². The molecule has 1 aromatic carbocycles. The fraction of sp³-hybridized carbons (Fsp3) is 0.385. The van der Waals surface area contributed by atoms with E-state index in [1.165, 1.54) is 7.05 Å². The Morgan fingerprint density at radius 2 is 1.90 bits per heavy atom. The highest BCUT2D eigenvalue weighted by molar-refractivity contribution is 6.35. The van der Waals surface area contributed by atoms with Crippen LogP contribution in [-0.2, 0) is 13.2 Å². The molecule has 0 amide bonds. The number of benzene rings is 1. The summed E-state index contributed by atoms with van der Waals surface area (Å²) in [6.45, 7) is 3.52. The van der Waals surface area contributed by atoms with Crippen molar-refractivity contribution in [2.24, 2.45) is 7.05 Å². The molecule has 108 valence electrons. The summed E-state index contributed by atoms with van der Waals surface area (Å²) >= 11 is 5.93. The molecule has 0 N–H and O–H groups in total. The van der Waals surface area contributed by atoms with Crippen molar-refractivity contribution in [3.63, 3.8) is 0 Å². The smallest absolute Gasteiger partial charge is 0.293 e. The average Bonchev–Trinajstić information content (AvgIpc) is 2.31. The summed E-state index contributed by atoms with van der Waals surface area (Å²) in [7, 11) is 1.43. The van der Waals surface area contributed by atoms with Crippen LogP contribution < -0.4 is 5.69 Å². The Balaban J connectivity index is 2.98. The van der Waals surface area contributed by atoms with Crippen LogP contribution in [0.4, 0.5) is 13.2 Å². The molecule has 3 nitrogen and oxygen atoms in total. The second kappa shape index (κ2) is 4.77. The first-order valence-electron chi connectivity index (χ1n) is 5.90. The van der Waals surface area contributed by atoms with Gasteiger partial charge in [-0.3, -0.25) is 4.57 Å². The van der Waals surface area contributed by atoms with Gasteiger partial charge >= 0.3 is 11.9 Å². The third-order valence-electron chi connectivity index (χ3n) is 3.05. The van der Waals surface area contributed by atoms with Gasteiger partial charge in [0, 0.05) is 12.4 Å². The molecule has 20 heavy (non-hydrogen) atoms. The van der Waals surface area contributed by atoms with E-state index in [9.17, 15) is 18.0 Å². The molecule has 0 bridgehead atoms. The third-order valence-corrected chi connectivity index (χ3v) is 3.34. The van der Waals surface area contributed by atoms with Crippen molar-refractivity contribution >= 4 is 22.5 Å². The van der Waals surface area contributed by atoms with Gasteiger partial charge in [-0.05, 0) is 18.1 Å². The van der Waals surface area contributed by atoms with Crippen molar-refractivity contribution in [2.45, 2.75) is 25.9 Å². The lowest BCUT2D eigenvalue weighted by Gasteiger charge is -2.15. The van der Waals surface area contributed by atoms with Crippen LogP contribution in [0.2, 0.25) is 5.02 Å². The topological polar surface area (TPSA) is 34.9 Å². The second-order valence-corrected chi connectivity index (χ2v) is 5.25. The minimum Gasteiger partial charge on any atom is -0.293 e. The quantitative estimate of drug-likeness (QED) is 0.804. The van der Waals surface area contributed by atoms with E-state index in [1.807, 2.05) is 0 Å². The number of aryl methyl sites for hydroxylation is 1. The van der Waals surface area contributed by atoms with Gasteiger partial charge in [-0.1, -0.05) is 25.4 Å². The van der Waals surface area contributed by atoms with Crippen LogP contribution in [-0.4, -0.2) is 9.55 Å². The molecule has 0 unspecified atom stereocenters. The maximum Gasteiger partial charge on any atom is 0.416 e. The Bertz CT molecular complexity index is 735. The lowest BCUT2D eigenvalue weighted by atomic mass is 10.0. The number of nitrogens with zero attached hydrogens (tertiary/aromatic N) is 2. The zero-order valence-corrected chi connectivity index (χ0v) is 11.8. The number of halogens is 4. The van der Waals surface area contributed by atoms with Crippen LogP contribution in [0.25, 0.3) is 10.9 Å². The molecular formula is C13H12ClF3N2O. The standard InChI is InChI=1S/C13H12ClF3N2O/c1-6(2)10-8-4-7(13(15,16)17)5-9(14)11(8)19(3)12(20)18-10/h4-6H,1-3H3. The number of aromatic nitrogens is 2. The fourth-order valence-electron chi connectivity index (χ4n) is 2.07. The summed E-state index contributed by atoms with van der Waals surface area (Å²) in [5.74, 6) is -0.189. The lowest BCUT2D eigenvalue weighted by molar-refractivity contribution is -0.137. The molecule has 0 aliphatic rings. The van der Waals surface area contributed by atoms with Gasteiger partial charge < -0.3 is 0 Å². The molecule has 1 heterocycles. The molecule has 7 heteroatoms. The summed E-state index contributed by atoms with van der Waals surface area (Å²) in [4.78, 5) is 15.6. The highest BCUT2D eigenvalue weighted by Crippen LogP contribution is 2.36. The highest BCUT2D eigenvalue weighted by Gasteiger charge is 2.32. The van der Waals surface area contributed by atoms with Gasteiger partial charge in [-0.2, -0.15) is 18.2 Å². The van der Waals surface area contributed by atoms with Gasteiger partial charge in [-0.15, -0.1) is 0 Å². The van der Waals surface area contributed by atoms with E-state index in [0.29, 0.717) is 5.69 Å². The van der Waals surface area contributed by atoms with Gasteiger partial charge in [0.05, 0.1) is 21.8 Å². The maximum absolute atomic E-state index is 12.9. The van der Waals surface area contributed by atoms with Gasteiger partial charge in [0.15, 0.2) is 0 Å². The zero-order valence-electron chi connectivity index (χ0n) is 11.0. The molecule has 0 saturated heterocycles. The van der Waals surface area contributed by atoms with Crippen LogP contribution in [0, 0.1) is 0 Å². The number of hydrogen-bond donors (Lipinski definition) is 0. The molecule has 1 aromatic heterocycles. The Labute approximate surface area is 118 Å². The van der Waals surface area contributed by atoms with Crippen LogP contribution in [0.1, 0.15) is 31.0 Å². The summed E-state index contributed by atoms with van der Waals surface area (Å²) in [5.41, 5.74) is -0.806. The fourth-order valence-corrected chi connectivity index (χ4v) is 2.42. The lowest BCUT2D eigenvalue weighted by Crippen LogP contribution is -2.23. The van der Waals surface area contributed by atoms with E-state index < -0.39 is 17.4 Å². The van der Waals surface area contributed by atoms with Crippen LogP contribution in [0.3, 0.4) is 0 Å². The van der Waals surface area contributed by atoms with Crippen LogP contribution in [0.5, 0.6) is 0 Å². The molecule has 0 fully saturated rings. The summed E-state index contributed by atoms with van der Waals surface area (Å²) in [6, 6.07) is 1.82. The van der Waals surface area contributed by atoms with Crippen molar-refractivity contribution in [3.05, 3.63) is 38.9 Å². The number of rotatable bonds is 1. The minimum absolute atomic E-state index is 0.112. The molecule has 2 aromatic rings. The van der Waals surface area contributed by atoms with Crippen LogP contribution >= 0.6 is 11.6 Å². The summed E-state index contributed by atoms with van der Waals surface area (Å²) in [6.07, 6.45) is -4.50.